The van der Waals surface area contributed by atoms with Crippen LogP contribution < -0.4 is 4.74 Å². The van der Waals surface area contributed by atoms with Gasteiger partial charge >= 0.3 is 5.97 Å². The molecule has 0 bridgehead atoms. The summed E-state index contributed by atoms with van der Waals surface area (Å²) in [4.78, 5) is 12.6. The fourth-order valence-corrected chi connectivity index (χ4v) is 5.44. The second kappa shape index (κ2) is 11.0. The summed E-state index contributed by atoms with van der Waals surface area (Å²) < 4.78 is 69.0. The van der Waals surface area contributed by atoms with Gasteiger partial charge in [-0.15, -0.1) is 0 Å². The zero-order chi connectivity index (χ0) is 25.1. The Hall–Kier alpha value is -2.57. The van der Waals surface area contributed by atoms with Crippen LogP contribution in [-0.2, 0) is 4.74 Å². The van der Waals surface area contributed by atoms with E-state index in [0.717, 1.165) is 25.7 Å². The molecule has 2 aliphatic carbocycles. The molecule has 0 amide bonds. The molecule has 0 atom stereocenters. The second-order valence-corrected chi connectivity index (χ2v) is 9.88. The zero-order valence-electron chi connectivity index (χ0n) is 20.2. The highest BCUT2D eigenvalue weighted by Crippen LogP contribution is 2.39. The standard InChI is InChI=1S/C28H32F4O3/c1-3-34-23-15-14-21(25(30)27(23)32)18-8-10-19(11-9-18)35-28(33)22-13-12-20(24(29)26(22)31)17-6-4-16(2)5-7-17/h12-19H,3-11H2,1-2H3. The highest BCUT2D eigenvalue weighted by molar-refractivity contribution is 5.90. The Bertz CT molecular complexity index is 1050. The number of rotatable bonds is 6. The van der Waals surface area contributed by atoms with Crippen molar-refractivity contribution in [2.45, 2.75) is 83.2 Å². The molecule has 2 aliphatic rings. The first-order valence-electron chi connectivity index (χ1n) is 12.6. The number of benzene rings is 2. The van der Waals surface area contributed by atoms with Crippen LogP contribution in [0.2, 0.25) is 0 Å². The van der Waals surface area contributed by atoms with E-state index in [0.29, 0.717) is 37.2 Å². The lowest BCUT2D eigenvalue weighted by Gasteiger charge is -2.29. The average Bonchev–Trinajstić information content (AvgIpc) is 2.85. The predicted octanol–water partition coefficient (Wildman–Crippen LogP) is 7.82. The third-order valence-corrected chi connectivity index (χ3v) is 7.55. The van der Waals surface area contributed by atoms with Gasteiger partial charge in [-0.2, -0.15) is 4.39 Å². The number of ether oxygens (including phenoxy) is 2. The first-order valence-corrected chi connectivity index (χ1v) is 12.6. The fourth-order valence-electron chi connectivity index (χ4n) is 5.44. The molecule has 35 heavy (non-hydrogen) atoms. The lowest BCUT2D eigenvalue weighted by molar-refractivity contribution is 0.0188. The van der Waals surface area contributed by atoms with Crippen LogP contribution in [0.15, 0.2) is 24.3 Å². The lowest BCUT2D eigenvalue weighted by Crippen LogP contribution is -2.25. The first-order chi connectivity index (χ1) is 16.8. The van der Waals surface area contributed by atoms with Crippen molar-refractivity contribution < 1.29 is 31.8 Å². The van der Waals surface area contributed by atoms with E-state index in [1.165, 1.54) is 24.3 Å². The molecule has 2 saturated carbocycles. The minimum absolute atomic E-state index is 0.0334. The number of hydrogen-bond donors (Lipinski definition) is 0. The van der Waals surface area contributed by atoms with Gasteiger partial charge in [0.1, 0.15) is 6.10 Å². The van der Waals surface area contributed by atoms with Gasteiger partial charge in [-0.25, -0.2) is 18.0 Å². The van der Waals surface area contributed by atoms with Crippen molar-refractivity contribution >= 4 is 5.97 Å². The van der Waals surface area contributed by atoms with Crippen molar-refractivity contribution in [3.05, 3.63) is 64.2 Å². The summed E-state index contributed by atoms with van der Waals surface area (Å²) in [5, 5.41) is 0. The van der Waals surface area contributed by atoms with Gasteiger partial charge in [0.25, 0.3) is 0 Å². The van der Waals surface area contributed by atoms with Crippen molar-refractivity contribution in [3.63, 3.8) is 0 Å². The highest BCUT2D eigenvalue weighted by Gasteiger charge is 2.31. The fraction of sp³-hybridized carbons (Fsp3) is 0.536. The van der Waals surface area contributed by atoms with Crippen LogP contribution >= 0.6 is 0 Å². The Labute approximate surface area is 203 Å². The van der Waals surface area contributed by atoms with E-state index in [-0.39, 0.29) is 29.8 Å². The normalized spacial score (nSPS) is 24.7. The Morgan fingerprint density at radius 2 is 1.31 bits per heavy atom. The minimum Gasteiger partial charge on any atom is -0.491 e. The van der Waals surface area contributed by atoms with Crippen LogP contribution in [0.5, 0.6) is 5.75 Å². The van der Waals surface area contributed by atoms with E-state index in [1.54, 1.807) is 6.92 Å². The van der Waals surface area contributed by atoms with Crippen LogP contribution in [0, 0.1) is 29.2 Å². The van der Waals surface area contributed by atoms with Crippen molar-refractivity contribution in [2.24, 2.45) is 5.92 Å². The first kappa shape index (κ1) is 25.5. The topological polar surface area (TPSA) is 35.5 Å². The van der Waals surface area contributed by atoms with E-state index in [2.05, 4.69) is 6.92 Å². The maximum atomic E-state index is 14.8. The summed E-state index contributed by atoms with van der Waals surface area (Å²) in [6.45, 7) is 4.09. The monoisotopic (exact) mass is 492 g/mol. The molecule has 0 aromatic heterocycles. The molecule has 0 aliphatic heterocycles. The van der Waals surface area contributed by atoms with E-state index < -0.39 is 40.9 Å². The number of esters is 1. The molecular formula is C28H32F4O3. The van der Waals surface area contributed by atoms with Crippen LogP contribution in [0.25, 0.3) is 0 Å². The van der Waals surface area contributed by atoms with Gasteiger partial charge in [0.15, 0.2) is 23.2 Å². The molecule has 2 aromatic rings. The summed E-state index contributed by atoms with van der Waals surface area (Å²) in [6.07, 6.45) is 4.90. The molecule has 0 spiro atoms. The molecule has 0 radical (unpaired) electrons. The van der Waals surface area contributed by atoms with Crippen LogP contribution in [0.4, 0.5) is 17.6 Å². The molecule has 2 aromatic carbocycles. The van der Waals surface area contributed by atoms with Crippen LogP contribution in [0.1, 0.15) is 98.5 Å². The molecule has 0 saturated heterocycles. The zero-order valence-corrected chi connectivity index (χ0v) is 20.2. The molecule has 0 heterocycles. The van der Waals surface area contributed by atoms with Crippen LogP contribution in [0.3, 0.4) is 0 Å². The number of carbonyl (C=O) groups excluding carboxylic acids is 1. The summed E-state index contributed by atoms with van der Waals surface area (Å²) in [5.41, 5.74) is 0.199. The molecule has 190 valence electrons. The smallest absolute Gasteiger partial charge is 0.341 e. The second-order valence-electron chi connectivity index (χ2n) is 9.88. The molecule has 7 heteroatoms. The van der Waals surface area contributed by atoms with E-state index in [4.69, 9.17) is 9.47 Å². The third-order valence-electron chi connectivity index (χ3n) is 7.55. The SMILES string of the molecule is CCOc1ccc(C2CCC(OC(=O)c3ccc(C4CCC(C)CC4)c(F)c3F)CC2)c(F)c1F. The van der Waals surface area contributed by atoms with Gasteiger partial charge in [0.05, 0.1) is 12.2 Å². The molecule has 2 fully saturated rings. The summed E-state index contributed by atoms with van der Waals surface area (Å²) >= 11 is 0. The minimum atomic E-state index is -1.16. The van der Waals surface area contributed by atoms with Crippen molar-refractivity contribution in [1.29, 1.82) is 0 Å². The summed E-state index contributed by atoms with van der Waals surface area (Å²) in [7, 11) is 0. The molecule has 3 nitrogen and oxygen atoms in total. The Balaban J connectivity index is 1.37. The lowest BCUT2D eigenvalue weighted by atomic mass is 9.79. The van der Waals surface area contributed by atoms with Gasteiger partial charge < -0.3 is 9.47 Å². The van der Waals surface area contributed by atoms with Gasteiger partial charge in [0.2, 0.25) is 5.82 Å². The van der Waals surface area contributed by atoms with Crippen LogP contribution in [-0.4, -0.2) is 18.7 Å². The van der Waals surface area contributed by atoms with E-state index >= 15 is 0 Å². The van der Waals surface area contributed by atoms with E-state index in [9.17, 15) is 22.4 Å². The van der Waals surface area contributed by atoms with E-state index in [1.807, 2.05) is 0 Å². The third kappa shape index (κ3) is 5.49. The maximum absolute atomic E-state index is 14.8. The number of carbonyl (C=O) groups is 1. The summed E-state index contributed by atoms with van der Waals surface area (Å²) in [6, 6.07) is 5.79. The molecule has 0 N–H and O–H groups in total. The highest BCUT2D eigenvalue weighted by atomic mass is 19.2. The van der Waals surface area contributed by atoms with Gasteiger partial charge in [-0.3, -0.25) is 0 Å². The van der Waals surface area contributed by atoms with Gasteiger partial charge in [0, 0.05) is 0 Å². The van der Waals surface area contributed by atoms with Gasteiger partial charge in [-0.05, 0) is 86.5 Å². The van der Waals surface area contributed by atoms with Crippen molar-refractivity contribution in [2.75, 3.05) is 6.61 Å². The molecule has 0 unspecified atom stereocenters. The largest absolute Gasteiger partial charge is 0.491 e. The number of halogens is 4. The average molecular weight is 493 g/mol. The Morgan fingerprint density at radius 1 is 0.771 bits per heavy atom. The maximum Gasteiger partial charge on any atom is 0.341 e. The molecular weight excluding hydrogens is 460 g/mol. The van der Waals surface area contributed by atoms with Crippen molar-refractivity contribution in [1.82, 2.24) is 0 Å². The number of hydrogen-bond acceptors (Lipinski definition) is 3. The van der Waals surface area contributed by atoms with Gasteiger partial charge in [-0.1, -0.05) is 31.9 Å². The van der Waals surface area contributed by atoms with Crippen molar-refractivity contribution in [3.8, 4) is 5.75 Å². The Kier molecular flexibility index (Phi) is 8.02. The Morgan fingerprint density at radius 3 is 1.91 bits per heavy atom. The predicted molar refractivity (Wildman–Crippen MR) is 125 cm³/mol. The quantitative estimate of drug-likeness (QED) is 0.305. The summed E-state index contributed by atoms with van der Waals surface area (Å²) in [5.74, 6) is -4.71. The molecule has 4 rings (SSSR count).